The van der Waals surface area contributed by atoms with Crippen LogP contribution in [0.1, 0.15) is 27.0 Å². The van der Waals surface area contributed by atoms with Gasteiger partial charge in [-0.15, -0.1) is 16.5 Å². The molecule has 3 rings (SSSR count). The summed E-state index contributed by atoms with van der Waals surface area (Å²) in [7, 11) is 1.62. The molecule has 0 saturated carbocycles. The molecule has 1 aliphatic heterocycles. The molecule has 0 bridgehead atoms. The van der Waals surface area contributed by atoms with Crippen LogP contribution < -0.4 is 5.32 Å². The summed E-state index contributed by atoms with van der Waals surface area (Å²) in [4.78, 5) is 50.5. The zero-order valence-corrected chi connectivity index (χ0v) is 17.2. The average Bonchev–Trinajstić information content (AvgIpc) is 3.26. The lowest BCUT2D eigenvalue weighted by Gasteiger charge is -2.23. The van der Waals surface area contributed by atoms with Gasteiger partial charge in [-0.3, -0.25) is 19.0 Å². The van der Waals surface area contributed by atoms with Crippen molar-refractivity contribution in [2.24, 2.45) is 0 Å². The highest BCUT2D eigenvalue weighted by atomic mass is 16.7. The number of esters is 3. The van der Waals surface area contributed by atoms with Crippen molar-refractivity contribution < 1.29 is 33.3 Å². The van der Waals surface area contributed by atoms with Gasteiger partial charge in [-0.25, -0.2) is 4.98 Å². The minimum absolute atomic E-state index is 0.131. The van der Waals surface area contributed by atoms with E-state index in [2.05, 4.69) is 25.1 Å². The van der Waals surface area contributed by atoms with Gasteiger partial charge in [-0.1, -0.05) is 0 Å². The SMILES string of the molecule is [C-]#[N+]c1nc(NC)c2ncn(C3O[C@H](COC(C)=O)[C@@H](OC(C)=O)[C@@H]3OC(C)=O)c2n1. The Kier molecular flexibility index (Phi) is 6.30. The van der Waals surface area contributed by atoms with Gasteiger partial charge >= 0.3 is 23.9 Å². The maximum absolute atomic E-state index is 11.8. The number of nitrogens with one attached hydrogen (secondary N) is 1. The molecule has 13 nitrogen and oxygen atoms in total. The Bertz CT molecular complexity index is 1060. The molecule has 0 radical (unpaired) electrons. The number of ether oxygens (including phenoxy) is 4. The van der Waals surface area contributed by atoms with E-state index >= 15 is 0 Å². The van der Waals surface area contributed by atoms with Crippen molar-refractivity contribution in [2.75, 3.05) is 19.0 Å². The Morgan fingerprint density at radius 3 is 2.42 bits per heavy atom. The fraction of sp³-hybridized carbons (Fsp3) is 0.500. The molecule has 164 valence electrons. The van der Waals surface area contributed by atoms with Crippen LogP contribution in [-0.4, -0.2) is 69.4 Å². The van der Waals surface area contributed by atoms with Gasteiger partial charge in [0.05, 0.1) is 0 Å². The summed E-state index contributed by atoms with van der Waals surface area (Å²) in [6, 6.07) is 0. The number of anilines is 1. The first-order chi connectivity index (χ1) is 14.7. The van der Waals surface area contributed by atoms with E-state index in [1.165, 1.54) is 31.7 Å². The minimum atomic E-state index is -1.09. The van der Waals surface area contributed by atoms with Crippen LogP contribution in [0, 0.1) is 6.57 Å². The first-order valence-electron chi connectivity index (χ1n) is 9.18. The van der Waals surface area contributed by atoms with Gasteiger partial charge in [-0.05, 0) is 0 Å². The van der Waals surface area contributed by atoms with Crippen LogP contribution in [0.25, 0.3) is 16.0 Å². The maximum atomic E-state index is 11.8. The second-order valence-electron chi connectivity index (χ2n) is 6.57. The van der Waals surface area contributed by atoms with Gasteiger partial charge in [0.25, 0.3) is 0 Å². The quantitative estimate of drug-likeness (QED) is 0.391. The van der Waals surface area contributed by atoms with Gasteiger partial charge in [0.1, 0.15) is 19.0 Å². The zero-order valence-electron chi connectivity index (χ0n) is 17.2. The number of carbonyl (C=O) groups excluding carboxylic acids is 3. The monoisotopic (exact) mass is 432 g/mol. The average molecular weight is 432 g/mol. The van der Waals surface area contributed by atoms with Crippen molar-refractivity contribution in [2.45, 2.75) is 45.3 Å². The van der Waals surface area contributed by atoms with Crippen molar-refractivity contribution in [3.8, 4) is 0 Å². The van der Waals surface area contributed by atoms with Gasteiger partial charge in [0, 0.05) is 27.8 Å². The van der Waals surface area contributed by atoms with Crippen LogP contribution in [0.4, 0.5) is 11.8 Å². The van der Waals surface area contributed by atoms with Crippen molar-refractivity contribution in [1.82, 2.24) is 19.5 Å². The first kappa shape index (κ1) is 21.9. The third-order valence-corrected chi connectivity index (χ3v) is 4.36. The summed E-state index contributed by atoms with van der Waals surface area (Å²) in [5.74, 6) is -1.64. The van der Waals surface area contributed by atoms with E-state index in [1.54, 1.807) is 7.05 Å². The highest BCUT2D eigenvalue weighted by Gasteiger charge is 2.51. The Hall–Kier alpha value is -3.79. The van der Waals surface area contributed by atoms with Crippen LogP contribution in [0.3, 0.4) is 0 Å². The molecule has 1 saturated heterocycles. The van der Waals surface area contributed by atoms with Crippen molar-refractivity contribution in [1.29, 1.82) is 0 Å². The molecule has 1 aliphatic rings. The van der Waals surface area contributed by atoms with Crippen LogP contribution in [0.15, 0.2) is 6.33 Å². The first-order valence-corrected chi connectivity index (χ1v) is 9.18. The Morgan fingerprint density at radius 1 is 1.16 bits per heavy atom. The Morgan fingerprint density at radius 2 is 1.84 bits per heavy atom. The van der Waals surface area contributed by atoms with Crippen LogP contribution in [0.5, 0.6) is 0 Å². The summed E-state index contributed by atoms with van der Waals surface area (Å²) < 4.78 is 23.2. The lowest BCUT2D eigenvalue weighted by Crippen LogP contribution is -2.40. The third-order valence-electron chi connectivity index (χ3n) is 4.36. The van der Waals surface area contributed by atoms with Gasteiger partial charge in [0.15, 0.2) is 24.0 Å². The molecule has 31 heavy (non-hydrogen) atoms. The largest absolute Gasteiger partial charge is 0.463 e. The summed E-state index contributed by atoms with van der Waals surface area (Å²) >= 11 is 0. The molecular formula is C18H20N6O7. The number of nitrogens with zero attached hydrogens (tertiary/aromatic N) is 5. The number of aromatic nitrogens is 4. The summed E-state index contributed by atoms with van der Waals surface area (Å²) in [5, 5.41) is 2.85. The topological polar surface area (TPSA) is 148 Å². The Balaban J connectivity index is 2.08. The van der Waals surface area contributed by atoms with E-state index in [4.69, 9.17) is 25.5 Å². The maximum Gasteiger partial charge on any atom is 0.375 e. The number of fused-ring (bicyclic) bond motifs is 1. The molecule has 0 aromatic carbocycles. The molecule has 13 heteroatoms. The lowest BCUT2D eigenvalue weighted by atomic mass is 10.1. The van der Waals surface area contributed by atoms with Crippen LogP contribution >= 0.6 is 0 Å². The zero-order chi connectivity index (χ0) is 22.7. The lowest BCUT2D eigenvalue weighted by molar-refractivity contribution is -0.166. The number of hydrogen-bond acceptors (Lipinski definition) is 11. The standard InChI is InChI=1S/C18H20N6O7/c1-8(25)28-6-11-13(29-9(2)26)14(30-10(3)27)17(31-11)24-7-21-12-15(19-4)22-18(20-5)23-16(12)24/h7,11,13-14,17H,6H2,1-4H3,(H,19,22,23)/t11-,13-,14+,17?/m1/s1. The van der Waals surface area contributed by atoms with Crippen molar-refractivity contribution in [3.63, 3.8) is 0 Å². The molecule has 1 fully saturated rings. The van der Waals surface area contributed by atoms with E-state index in [0.29, 0.717) is 11.3 Å². The fourth-order valence-electron chi connectivity index (χ4n) is 3.23. The van der Waals surface area contributed by atoms with Gasteiger partial charge in [-0.2, -0.15) is 0 Å². The van der Waals surface area contributed by atoms with Crippen molar-refractivity contribution >= 4 is 40.8 Å². The minimum Gasteiger partial charge on any atom is -0.463 e. The third kappa shape index (κ3) is 4.53. The van der Waals surface area contributed by atoms with Gasteiger partial charge in [0.2, 0.25) is 11.5 Å². The molecule has 0 aliphatic carbocycles. The Labute approximate surface area is 176 Å². The normalized spacial score (nSPS) is 22.5. The summed E-state index contributed by atoms with van der Waals surface area (Å²) in [6.07, 6.45) is -2.73. The summed E-state index contributed by atoms with van der Waals surface area (Å²) in [5.41, 5.74) is 0.592. The van der Waals surface area contributed by atoms with E-state index in [1.807, 2.05) is 0 Å². The van der Waals surface area contributed by atoms with E-state index in [-0.39, 0.29) is 18.2 Å². The van der Waals surface area contributed by atoms with Gasteiger partial charge < -0.3 is 29.1 Å². The molecule has 0 spiro atoms. The molecule has 4 atom stereocenters. The highest BCUT2D eigenvalue weighted by molar-refractivity contribution is 5.84. The number of imidazole rings is 1. The second-order valence-corrected chi connectivity index (χ2v) is 6.57. The van der Waals surface area contributed by atoms with Crippen molar-refractivity contribution in [3.05, 3.63) is 17.7 Å². The molecule has 1 unspecified atom stereocenters. The van der Waals surface area contributed by atoms with Crippen LogP contribution in [-0.2, 0) is 33.3 Å². The molecule has 1 N–H and O–H groups in total. The molecule has 3 heterocycles. The molecule has 0 amide bonds. The smallest absolute Gasteiger partial charge is 0.375 e. The van der Waals surface area contributed by atoms with E-state index in [9.17, 15) is 14.4 Å². The van der Waals surface area contributed by atoms with E-state index in [0.717, 1.165) is 0 Å². The predicted octanol–water partition coefficient (Wildman–Crippen LogP) is 0.743. The molecule has 2 aromatic heterocycles. The summed E-state index contributed by atoms with van der Waals surface area (Å²) in [6.45, 7) is 10.6. The number of hydrogen-bond donors (Lipinski definition) is 1. The number of rotatable bonds is 6. The molecule has 2 aromatic rings. The highest BCUT2D eigenvalue weighted by Crippen LogP contribution is 2.36. The van der Waals surface area contributed by atoms with Crippen LogP contribution in [0.2, 0.25) is 0 Å². The fourth-order valence-corrected chi connectivity index (χ4v) is 3.23. The molecular weight excluding hydrogens is 412 g/mol. The predicted molar refractivity (Wildman–Crippen MR) is 103 cm³/mol. The van der Waals surface area contributed by atoms with E-state index < -0.39 is 42.4 Å². The number of carbonyl (C=O) groups is 3. The second kappa shape index (κ2) is 8.92.